The van der Waals surface area contributed by atoms with E-state index in [0.29, 0.717) is 18.0 Å². The number of amidine groups is 1. The average molecular weight is 290 g/mol. The van der Waals surface area contributed by atoms with Crippen molar-refractivity contribution in [3.05, 3.63) is 33.2 Å². The van der Waals surface area contributed by atoms with Gasteiger partial charge in [-0.05, 0) is 30.5 Å². The van der Waals surface area contributed by atoms with E-state index in [2.05, 4.69) is 25.7 Å². The van der Waals surface area contributed by atoms with Crippen LogP contribution in [0.5, 0.6) is 0 Å². The van der Waals surface area contributed by atoms with Crippen LogP contribution in [0.25, 0.3) is 0 Å². The zero-order valence-corrected chi connectivity index (χ0v) is 13.3. The predicted octanol–water partition coefficient (Wildman–Crippen LogP) is 1.56. The first-order valence-electron chi connectivity index (χ1n) is 7.76. The van der Waals surface area contributed by atoms with Gasteiger partial charge in [0.2, 0.25) is 0 Å². The number of nitrogen functional groups attached to an aromatic ring is 1. The molecule has 116 valence electrons. The molecule has 1 aliphatic heterocycles. The fraction of sp³-hybridized carbons (Fsp3) is 0.625. The molecule has 0 saturated carbocycles. The molecule has 1 aromatic heterocycles. The molecular formula is C16H26N4O. The summed E-state index contributed by atoms with van der Waals surface area (Å²) >= 11 is 0. The summed E-state index contributed by atoms with van der Waals surface area (Å²) in [4.78, 5) is 14.9. The van der Waals surface area contributed by atoms with Crippen LogP contribution in [0.2, 0.25) is 0 Å². The monoisotopic (exact) mass is 290 g/mol. The highest BCUT2D eigenvalue weighted by molar-refractivity contribution is 5.94. The Balaban J connectivity index is 2.48. The molecule has 2 rings (SSSR count). The number of nitrogens with zero attached hydrogens (tertiary/aromatic N) is 2. The van der Waals surface area contributed by atoms with E-state index in [-0.39, 0.29) is 11.4 Å². The maximum Gasteiger partial charge on any atom is 0.261 e. The van der Waals surface area contributed by atoms with Gasteiger partial charge in [0.1, 0.15) is 5.84 Å². The number of hydrogen-bond acceptors (Lipinski definition) is 3. The fourth-order valence-electron chi connectivity index (χ4n) is 2.86. The second kappa shape index (κ2) is 6.43. The van der Waals surface area contributed by atoms with Crippen LogP contribution >= 0.6 is 0 Å². The van der Waals surface area contributed by atoms with Crippen molar-refractivity contribution in [2.45, 2.75) is 46.7 Å². The fourth-order valence-corrected chi connectivity index (χ4v) is 2.86. The number of aromatic nitrogens is 1. The van der Waals surface area contributed by atoms with Crippen LogP contribution in [-0.2, 0) is 19.5 Å². The van der Waals surface area contributed by atoms with E-state index in [9.17, 15) is 4.79 Å². The van der Waals surface area contributed by atoms with Crippen molar-refractivity contribution in [2.75, 3.05) is 13.1 Å². The molecule has 0 aliphatic carbocycles. The standard InChI is InChI=1S/C16H26N4O/c1-4-19-7-6-14-12(10-19)9-13(15(17)18)16(21)20(14)8-5-11(2)3/h9,11H,4-8,10H2,1-3H3,(H3,17,18). The summed E-state index contributed by atoms with van der Waals surface area (Å²) in [6, 6.07) is 1.83. The Kier molecular flexibility index (Phi) is 4.83. The molecule has 0 saturated heterocycles. The summed E-state index contributed by atoms with van der Waals surface area (Å²) in [7, 11) is 0. The molecule has 21 heavy (non-hydrogen) atoms. The second-order valence-corrected chi connectivity index (χ2v) is 6.20. The number of likely N-dealkylation sites (N-methyl/N-ethyl adjacent to an activating group) is 1. The van der Waals surface area contributed by atoms with Crippen molar-refractivity contribution in [2.24, 2.45) is 11.7 Å². The molecule has 0 unspecified atom stereocenters. The third-order valence-corrected chi connectivity index (χ3v) is 4.22. The summed E-state index contributed by atoms with van der Waals surface area (Å²) in [6.45, 7) is 10.0. The van der Waals surface area contributed by atoms with Gasteiger partial charge in [-0.15, -0.1) is 0 Å². The number of rotatable bonds is 5. The van der Waals surface area contributed by atoms with Gasteiger partial charge in [-0.25, -0.2) is 0 Å². The molecule has 0 spiro atoms. The molecule has 5 nitrogen and oxygen atoms in total. The highest BCUT2D eigenvalue weighted by Crippen LogP contribution is 2.19. The molecule has 3 N–H and O–H groups in total. The van der Waals surface area contributed by atoms with E-state index in [1.165, 1.54) is 0 Å². The van der Waals surface area contributed by atoms with Gasteiger partial charge in [0, 0.05) is 31.7 Å². The van der Waals surface area contributed by atoms with Gasteiger partial charge in [0.25, 0.3) is 5.56 Å². The molecule has 0 fully saturated rings. The maximum atomic E-state index is 12.6. The molecule has 0 atom stereocenters. The zero-order valence-electron chi connectivity index (χ0n) is 13.3. The summed E-state index contributed by atoms with van der Waals surface area (Å²) < 4.78 is 1.86. The minimum Gasteiger partial charge on any atom is -0.384 e. The topological polar surface area (TPSA) is 75.1 Å². The number of fused-ring (bicyclic) bond motifs is 1. The highest BCUT2D eigenvalue weighted by Gasteiger charge is 2.21. The summed E-state index contributed by atoms with van der Waals surface area (Å²) in [5.41, 5.74) is 8.12. The number of nitrogens with one attached hydrogen (secondary N) is 1. The lowest BCUT2D eigenvalue weighted by atomic mass is 10.0. The Morgan fingerprint density at radius 2 is 2.19 bits per heavy atom. The van der Waals surface area contributed by atoms with E-state index < -0.39 is 0 Å². The van der Waals surface area contributed by atoms with Crippen molar-refractivity contribution in [1.82, 2.24) is 9.47 Å². The lowest BCUT2D eigenvalue weighted by molar-refractivity contribution is 0.261. The van der Waals surface area contributed by atoms with Crippen LogP contribution in [-0.4, -0.2) is 28.4 Å². The first kappa shape index (κ1) is 15.8. The quantitative estimate of drug-likeness (QED) is 0.638. The van der Waals surface area contributed by atoms with E-state index in [1.807, 2.05) is 10.6 Å². The smallest absolute Gasteiger partial charge is 0.261 e. The third-order valence-electron chi connectivity index (χ3n) is 4.22. The minimum absolute atomic E-state index is 0.105. The van der Waals surface area contributed by atoms with Crippen molar-refractivity contribution in [3.63, 3.8) is 0 Å². The predicted molar refractivity (Wildman–Crippen MR) is 85.8 cm³/mol. The summed E-state index contributed by atoms with van der Waals surface area (Å²) in [6.07, 6.45) is 1.86. The maximum absolute atomic E-state index is 12.6. The molecule has 1 aromatic rings. The zero-order chi connectivity index (χ0) is 15.6. The second-order valence-electron chi connectivity index (χ2n) is 6.20. The van der Waals surface area contributed by atoms with E-state index in [0.717, 1.165) is 43.7 Å². The Morgan fingerprint density at radius 3 is 2.76 bits per heavy atom. The normalized spacial score (nSPS) is 15.2. The summed E-state index contributed by atoms with van der Waals surface area (Å²) in [5.74, 6) is 0.416. The van der Waals surface area contributed by atoms with Gasteiger partial charge in [0.05, 0.1) is 5.56 Å². The van der Waals surface area contributed by atoms with E-state index in [1.54, 1.807) is 0 Å². The Bertz CT molecular complexity index is 589. The number of nitrogens with two attached hydrogens (primary N) is 1. The first-order chi connectivity index (χ1) is 9.93. The highest BCUT2D eigenvalue weighted by atomic mass is 16.1. The van der Waals surface area contributed by atoms with Gasteiger partial charge < -0.3 is 10.3 Å². The molecule has 0 bridgehead atoms. The lowest BCUT2D eigenvalue weighted by Crippen LogP contribution is -2.38. The lowest BCUT2D eigenvalue weighted by Gasteiger charge is -2.30. The van der Waals surface area contributed by atoms with Crippen molar-refractivity contribution in [1.29, 1.82) is 5.41 Å². The van der Waals surface area contributed by atoms with Crippen LogP contribution in [0.4, 0.5) is 0 Å². The third kappa shape index (κ3) is 3.35. The largest absolute Gasteiger partial charge is 0.384 e. The van der Waals surface area contributed by atoms with Gasteiger partial charge in [-0.3, -0.25) is 15.1 Å². The van der Waals surface area contributed by atoms with Crippen molar-refractivity contribution < 1.29 is 0 Å². The van der Waals surface area contributed by atoms with Gasteiger partial charge in [0.15, 0.2) is 0 Å². The first-order valence-corrected chi connectivity index (χ1v) is 7.76. The summed E-state index contributed by atoms with van der Waals surface area (Å²) in [5, 5.41) is 7.65. The molecule has 0 radical (unpaired) electrons. The molecule has 0 amide bonds. The van der Waals surface area contributed by atoms with Gasteiger partial charge in [-0.2, -0.15) is 0 Å². The minimum atomic E-state index is -0.130. The van der Waals surface area contributed by atoms with Crippen molar-refractivity contribution >= 4 is 5.84 Å². The van der Waals surface area contributed by atoms with E-state index >= 15 is 0 Å². The molecule has 1 aliphatic rings. The van der Waals surface area contributed by atoms with Crippen LogP contribution < -0.4 is 11.3 Å². The molecule has 5 heteroatoms. The van der Waals surface area contributed by atoms with Crippen LogP contribution in [0.1, 0.15) is 44.0 Å². The average Bonchev–Trinajstić information content (AvgIpc) is 2.44. The van der Waals surface area contributed by atoms with Gasteiger partial charge in [-0.1, -0.05) is 20.8 Å². The number of pyridine rings is 1. The molecular weight excluding hydrogens is 264 g/mol. The number of hydrogen-bond donors (Lipinski definition) is 2. The molecule has 2 heterocycles. The van der Waals surface area contributed by atoms with Crippen LogP contribution in [0.3, 0.4) is 0 Å². The SMILES string of the molecule is CCN1CCc2c(cc(C(=N)N)c(=O)n2CCC(C)C)C1. The van der Waals surface area contributed by atoms with E-state index in [4.69, 9.17) is 11.1 Å². The molecule has 0 aromatic carbocycles. The van der Waals surface area contributed by atoms with Crippen molar-refractivity contribution in [3.8, 4) is 0 Å². The Labute approximate surface area is 126 Å². The Hall–Kier alpha value is -1.62. The van der Waals surface area contributed by atoms with Crippen LogP contribution in [0, 0.1) is 11.3 Å². The van der Waals surface area contributed by atoms with Gasteiger partial charge >= 0.3 is 0 Å². The van der Waals surface area contributed by atoms with Crippen LogP contribution in [0.15, 0.2) is 10.9 Å². The Morgan fingerprint density at radius 1 is 1.48 bits per heavy atom.